The van der Waals surface area contributed by atoms with Crippen molar-refractivity contribution in [3.8, 4) is 0 Å². The summed E-state index contributed by atoms with van der Waals surface area (Å²) in [5, 5.41) is 1.17. The van der Waals surface area contributed by atoms with Crippen LogP contribution in [0.5, 0.6) is 0 Å². The molecule has 2 aromatic rings. The number of ketones is 1. The molecule has 0 unspecified atom stereocenters. The van der Waals surface area contributed by atoms with Crippen LogP contribution < -0.4 is 0 Å². The maximum absolute atomic E-state index is 11.0. The molecule has 0 saturated carbocycles. The summed E-state index contributed by atoms with van der Waals surface area (Å²) in [6.45, 7) is 3.69. The van der Waals surface area contributed by atoms with Crippen molar-refractivity contribution >= 4 is 16.7 Å². The Kier molecular flexibility index (Phi) is 2.12. The molecule has 0 fully saturated rings. The van der Waals surface area contributed by atoms with E-state index in [9.17, 15) is 4.79 Å². The second-order valence-corrected chi connectivity index (χ2v) is 3.69. The van der Waals surface area contributed by atoms with Gasteiger partial charge >= 0.3 is 0 Å². The molecule has 2 heteroatoms. The standard InChI is InChI=1S/C12H13NO/c1-8-4-3-5-11-10(6-9(2)14)7-13-12(8)11/h3-5,7,13H,6H2,1-2H3. The van der Waals surface area contributed by atoms with Crippen LogP contribution in [-0.4, -0.2) is 10.8 Å². The smallest absolute Gasteiger partial charge is 0.134 e. The number of rotatable bonds is 2. The zero-order valence-corrected chi connectivity index (χ0v) is 8.42. The van der Waals surface area contributed by atoms with Crippen LogP contribution in [0, 0.1) is 6.92 Å². The van der Waals surface area contributed by atoms with Gasteiger partial charge in [0.25, 0.3) is 0 Å². The fourth-order valence-electron chi connectivity index (χ4n) is 1.78. The first-order chi connectivity index (χ1) is 6.68. The van der Waals surface area contributed by atoms with E-state index in [1.165, 1.54) is 10.9 Å². The van der Waals surface area contributed by atoms with Gasteiger partial charge < -0.3 is 4.98 Å². The Morgan fingerprint density at radius 2 is 2.21 bits per heavy atom. The van der Waals surface area contributed by atoms with E-state index < -0.39 is 0 Å². The van der Waals surface area contributed by atoms with E-state index in [1.54, 1.807) is 6.92 Å². The molecule has 0 radical (unpaired) electrons. The summed E-state index contributed by atoms with van der Waals surface area (Å²) in [4.78, 5) is 14.2. The lowest BCUT2D eigenvalue weighted by Crippen LogP contribution is -1.94. The van der Waals surface area contributed by atoms with Gasteiger partial charge in [-0.2, -0.15) is 0 Å². The monoisotopic (exact) mass is 187 g/mol. The van der Waals surface area contributed by atoms with E-state index in [1.807, 2.05) is 12.3 Å². The molecule has 0 atom stereocenters. The van der Waals surface area contributed by atoms with Crippen LogP contribution in [-0.2, 0) is 11.2 Å². The minimum Gasteiger partial charge on any atom is -0.361 e. The van der Waals surface area contributed by atoms with Crippen molar-refractivity contribution in [2.45, 2.75) is 20.3 Å². The molecule has 0 bridgehead atoms. The average molecular weight is 187 g/mol. The second-order valence-electron chi connectivity index (χ2n) is 3.69. The minimum absolute atomic E-state index is 0.201. The first-order valence-corrected chi connectivity index (χ1v) is 4.73. The van der Waals surface area contributed by atoms with Crippen LogP contribution in [0.2, 0.25) is 0 Å². The predicted octanol–water partition coefficient (Wildman–Crippen LogP) is 2.61. The molecule has 0 aliphatic rings. The SMILES string of the molecule is CC(=O)Cc1c[nH]c2c(C)cccc12. The lowest BCUT2D eigenvalue weighted by Gasteiger charge is -1.97. The number of aromatic nitrogens is 1. The Labute approximate surface area is 82.9 Å². The number of hydrogen-bond acceptors (Lipinski definition) is 1. The zero-order chi connectivity index (χ0) is 10.1. The highest BCUT2D eigenvalue weighted by molar-refractivity contribution is 5.90. The van der Waals surface area contributed by atoms with Gasteiger partial charge in [0, 0.05) is 23.5 Å². The summed E-state index contributed by atoms with van der Waals surface area (Å²) in [5.41, 5.74) is 3.46. The molecular weight excluding hydrogens is 174 g/mol. The Morgan fingerprint density at radius 3 is 2.93 bits per heavy atom. The summed E-state index contributed by atoms with van der Waals surface area (Å²) >= 11 is 0. The largest absolute Gasteiger partial charge is 0.361 e. The topological polar surface area (TPSA) is 32.9 Å². The Hall–Kier alpha value is -1.57. The average Bonchev–Trinajstić information content (AvgIpc) is 2.49. The van der Waals surface area contributed by atoms with E-state index in [-0.39, 0.29) is 5.78 Å². The summed E-state index contributed by atoms with van der Waals surface area (Å²) in [6, 6.07) is 6.14. The fraction of sp³-hybridized carbons (Fsp3) is 0.250. The Balaban J connectivity index is 2.58. The Bertz CT molecular complexity index is 482. The molecule has 1 aromatic heterocycles. The fourth-order valence-corrected chi connectivity index (χ4v) is 1.78. The molecule has 2 nitrogen and oxygen atoms in total. The lowest BCUT2D eigenvalue weighted by atomic mass is 10.1. The van der Waals surface area contributed by atoms with Crippen LogP contribution in [0.25, 0.3) is 10.9 Å². The molecule has 0 spiro atoms. The summed E-state index contributed by atoms with van der Waals surface area (Å²) in [6.07, 6.45) is 2.45. The number of carbonyl (C=O) groups excluding carboxylic acids is 1. The van der Waals surface area contributed by atoms with Gasteiger partial charge in [0.05, 0.1) is 0 Å². The van der Waals surface area contributed by atoms with Crippen LogP contribution in [0.15, 0.2) is 24.4 Å². The van der Waals surface area contributed by atoms with E-state index in [2.05, 4.69) is 24.0 Å². The lowest BCUT2D eigenvalue weighted by molar-refractivity contribution is -0.116. The molecule has 72 valence electrons. The maximum atomic E-state index is 11.0. The summed E-state index contributed by atoms with van der Waals surface area (Å²) < 4.78 is 0. The quantitative estimate of drug-likeness (QED) is 0.770. The first-order valence-electron chi connectivity index (χ1n) is 4.73. The summed E-state index contributed by atoms with van der Waals surface area (Å²) in [5.74, 6) is 0.201. The molecular formula is C12H13NO. The highest BCUT2D eigenvalue weighted by atomic mass is 16.1. The minimum atomic E-state index is 0.201. The van der Waals surface area contributed by atoms with Crippen molar-refractivity contribution in [1.82, 2.24) is 4.98 Å². The van der Waals surface area contributed by atoms with E-state index in [0.717, 1.165) is 11.1 Å². The molecule has 2 rings (SSSR count). The highest BCUT2D eigenvalue weighted by Gasteiger charge is 2.06. The number of Topliss-reactive ketones (excluding diaryl/α,β-unsaturated/α-hetero) is 1. The van der Waals surface area contributed by atoms with Gasteiger partial charge in [-0.05, 0) is 25.0 Å². The van der Waals surface area contributed by atoms with Gasteiger partial charge in [0.2, 0.25) is 0 Å². The number of carbonyl (C=O) groups is 1. The zero-order valence-electron chi connectivity index (χ0n) is 8.42. The summed E-state index contributed by atoms with van der Waals surface area (Å²) in [7, 11) is 0. The van der Waals surface area contributed by atoms with Crippen LogP contribution >= 0.6 is 0 Å². The number of benzene rings is 1. The molecule has 1 heterocycles. The highest BCUT2D eigenvalue weighted by Crippen LogP contribution is 2.21. The Morgan fingerprint density at radius 1 is 1.43 bits per heavy atom. The van der Waals surface area contributed by atoms with E-state index >= 15 is 0 Å². The first kappa shape index (κ1) is 9.00. The second kappa shape index (κ2) is 3.29. The van der Waals surface area contributed by atoms with Gasteiger partial charge in [-0.1, -0.05) is 18.2 Å². The van der Waals surface area contributed by atoms with Crippen LogP contribution in [0.3, 0.4) is 0 Å². The van der Waals surface area contributed by atoms with Crippen molar-refractivity contribution in [3.05, 3.63) is 35.5 Å². The van der Waals surface area contributed by atoms with Crippen molar-refractivity contribution in [2.24, 2.45) is 0 Å². The number of aromatic amines is 1. The third-order valence-corrected chi connectivity index (χ3v) is 2.45. The van der Waals surface area contributed by atoms with Gasteiger partial charge in [-0.25, -0.2) is 0 Å². The number of hydrogen-bond donors (Lipinski definition) is 1. The number of fused-ring (bicyclic) bond motifs is 1. The van der Waals surface area contributed by atoms with Gasteiger partial charge in [-0.15, -0.1) is 0 Å². The predicted molar refractivity (Wildman–Crippen MR) is 57.4 cm³/mol. The van der Waals surface area contributed by atoms with Crippen molar-refractivity contribution in [1.29, 1.82) is 0 Å². The van der Waals surface area contributed by atoms with E-state index in [0.29, 0.717) is 6.42 Å². The van der Waals surface area contributed by atoms with Gasteiger partial charge in [0.1, 0.15) is 5.78 Å². The number of nitrogens with one attached hydrogen (secondary N) is 1. The molecule has 0 aliphatic carbocycles. The molecule has 0 amide bonds. The van der Waals surface area contributed by atoms with Crippen molar-refractivity contribution < 1.29 is 4.79 Å². The molecule has 1 aromatic carbocycles. The maximum Gasteiger partial charge on any atom is 0.134 e. The molecule has 0 saturated heterocycles. The van der Waals surface area contributed by atoms with Crippen LogP contribution in [0.1, 0.15) is 18.1 Å². The van der Waals surface area contributed by atoms with Crippen LogP contribution in [0.4, 0.5) is 0 Å². The number of aryl methyl sites for hydroxylation is 1. The molecule has 14 heavy (non-hydrogen) atoms. The van der Waals surface area contributed by atoms with Gasteiger partial charge in [-0.3, -0.25) is 4.79 Å². The van der Waals surface area contributed by atoms with Gasteiger partial charge in [0.15, 0.2) is 0 Å². The normalized spacial score (nSPS) is 10.7. The van der Waals surface area contributed by atoms with Crippen molar-refractivity contribution in [2.75, 3.05) is 0 Å². The van der Waals surface area contributed by atoms with Crippen molar-refractivity contribution in [3.63, 3.8) is 0 Å². The number of H-pyrrole nitrogens is 1. The number of para-hydroxylation sites is 1. The molecule has 1 N–H and O–H groups in total. The third-order valence-electron chi connectivity index (χ3n) is 2.45. The third kappa shape index (κ3) is 1.43. The van der Waals surface area contributed by atoms with E-state index in [4.69, 9.17) is 0 Å². The molecule has 0 aliphatic heterocycles.